The van der Waals surface area contributed by atoms with Crippen LogP contribution in [0.25, 0.3) is 6.08 Å². The highest BCUT2D eigenvalue weighted by Gasteiger charge is 2.71. The standard InChI is InChI=1S/C32H20F3NO3S/c33-32(34,35)20-14-11-19(12-15-20)26-27(28(37)24-10-5-17-40-24)36-23-9-4-1-6-18(23)13-16-25(36)31(26)29(38)21-7-2-3-8-22(21)30(31)39/h1-17,25-27H/t25-,26-,27-/m0/s1. The molecule has 4 aromatic rings. The van der Waals surface area contributed by atoms with Gasteiger partial charge in [0.15, 0.2) is 17.3 Å². The van der Waals surface area contributed by atoms with Crippen molar-refractivity contribution in [2.24, 2.45) is 5.41 Å². The van der Waals surface area contributed by atoms with Gasteiger partial charge in [-0.3, -0.25) is 14.4 Å². The molecule has 0 amide bonds. The molecule has 0 saturated carbocycles. The van der Waals surface area contributed by atoms with Crippen molar-refractivity contribution in [1.29, 1.82) is 0 Å². The molecule has 7 rings (SSSR count). The van der Waals surface area contributed by atoms with Gasteiger partial charge in [-0.25, -0.2) is 0 Å². The van der Waals surface area contributed by atoms with Gasteiger partial charge in [0.25, 0.3) is 0 Å². The van der Waals surface area contributed by atoms with Crippen molar-refractivity contribution in [3.63, 3.8) is 0 Å². The zero-order valence-corrected chi connectivity index (χ0v) is 21.6. The molecule has 4 nitrogen and oxygen atoms in total. The molecular weight excluding hydrogens is 535 g/mol. The third-order valence-corrected chi connectivity index (χ3v) is 9.23. The molecule has 3 aromatic carbocycles. The first-order chi connectivity index (χ1) is 19.2. The molecule has 3 heterocycles. The molecule has 1 saturated heterocycles. The van der Waals surface area contributed by atoms with E-state index in [9.17, 15) is 27.6 Å². The largest absolute Gasteiger partial charge is 0.416 e. The second kappa shape index (κ2) is 8.60. The normalized spacial score (nSPS) is 22.4. The number of benzene rings is 3. The van der Waals surface area contributed by atoms with Gasteiger partial charge in [0, 0.05) is 22.7 Å². The van der Waals surface area contributed by atoms with Crippen LogP contribution < -0.4 is 4.90 Å². The number of hydrogen-bond acceptors (Lipinski definition) is 5. The zero-order valence-electron chi connectivity index (χ0n) is 20.8. The van der Waals surface area contributed by atoms with Crippen LogP contribution in [0.3, 0.4) is 0 Å². The van der Waals surface area contributed by atoms with Crippen LogP contribution in [-0.2, 0) is 6.18 Å². The zero-order chi connectivity index (χ0) is 27.8. The average Bonchev–Trinajstić information content (AvgIpc) is 3.66. The summed E-state index contributed by atoms with van der Waals surface area (Å²) >= 11 is 1.25. The first kappa shape index (κ1) is 24.7. The maximum Gasteiger partial charge on any atom is 0.416 e. The summed E-state index contributed by atoms with van der Waals surface area (Å²) in [4.78, 5) is 45.6. The van der Waals surface area contributed by atoms with E-state index in [0.29, 0.717) is 16.1 Å². The molecule has 198 valence electrons. The Balaban J connectivity index is 1.53. The van der Waals surface area contributed by atoms with Crippen LogP contribution in [0, 0.1) is 5.41 Å². The minimum atomic E-state index is -4.56. The molecule has 8 heteroatoms. The second-order valence-corrected chi connectivity index (χ2v) is 11.2. The molecule has 1 fully saturated rings. The Morgan fingerprint density at radius 3 is 2.10 bits per heavy atom. The Kier molecular flexibility index (Phi) is 5.31. The molecule has 40 heavy (non-hydrogen) atoms. The van der Waals surface area contributed by atoms with E-state index in [0.717, 1.165) is 17.7 Å². The van der Waals surface area contributed by atoms with Gasteiger partial charge in [-0.1, -0.05) is 72.8 Å². The number of para-hydroxylation sites is 1. The van der Waals surface area contributed by atoms with Crippen molar-refractivity contribution in [3.8, 4) is 0 Å². The number of anilines is 1. The van der Waals surface area contributed by atoms with E-state index < -0.39 is 46.7 Å². The quantitative estimate of drug-likeness (QED) is 0.200. The maximum absolute atomic E-state index is 14.5. The van der Waals surface area contributed by atoms with Crippen molar-refractivity contribution in [2.45, 2.75) is 24.2 Å². The molecule has 0 bridgehead atoms. The Bertz CT molecular complexity index is 1690. The molecule has 3 aliphatic rings. The van der Waals surface area contributed by atoms with Crippen molar-refractivity contribution in [2.75, 3.05) is 4.90 Å². The first-order valence-corrected chi connectivity index (χ1v) is 13.6. The first-order valence-electron chi connectivity index (χ1n) is 12.7. The molecule has 0 N–H and O–H groups in total. The van der Waals surface area contributed by atoms with Gasteiger partial charge in [-0.15, -0.1) is 11.3 Å². The van der Waals surface area contributed by atoms with E-state index in [2.05, 4.69) is 0 Å². The maximum atomic E-state index is 14.5. The second-order valence-electron chi connectivity index (χ2n) is 10.2. The molecule has 0 unspecified atom stereocenters. The number of carbonyl (C=O) groups excluding carboxylic acids is 3. The summed E-state index contributed by atoms with van der Waals surface area (Å²) < 4.78 is 40.5. The number of Topliss-reactive ketones (excluding diaryl/α,β-unsaturated/α-hetero) is 3. The van der Waals surface area contributed by atoms with Gasteiger partial charge < -0.3 is 4.90 Å². The van der Waals surface area contributed by atoms with Crippen molar-refractivity contribution in [1.82, 2.24) is 0 Å². The summed E-state index contributed by atoms with van der Waals surface area (Å²) in [6, 6.07) is 20.1. The van der Waals surface area contributed by atoms with Crippen LogP contribution in [0.15, 0.2) is 96.4 Å². The minimum Gasteiger partial charge on any atom is -0.352 e. The highest BCUT2D eigenvalue weighted by atomic mass is 32.1. The number of carbonyl (C=O) groups is 3. The summed E-state index contributed by atoms with van der Waals surface area (Å²) in [6.07, 6.45) is -0.918. The summed E-state index contributed by atoms with van der Waals surface area (Å²) in [5.74, 6) is -2.17. The van der Waals surface area contributed by atoms with Crippen molar-refractivity contribution >= 4 is 40.4 Å². The molecule has 0 radical (unpaired) electrons. The molecule has 3 atom stereocenters. The smallest absolute Gasteiger partial charge is 0.352 e. The van der Waals surface area contributed by atoms with Crippen molar-refractivity contribution in [3.05, 3.63) is 129 Å². The molecule has 1 spiro atoms. The highest BCUT2D eigenvalue weighted by molar-refractivity contribution is 7.12. The number of nitrogens with zero attached hydrogens (tertiary/aromatic N) is 1. The lowest BCUT2D eigenvalue weighted by Crippen LogP contribution is -2.48. The Morgan fingerprint density at radius 1 is 0.825 bits per heavy atom. The summed E-state index contributed by atoms with van der Waals surface area (Å²) in [7, 11) is 0. The van der Waals surface area contributed by atoms with Crippen LogP contribution in [0.2, 0.25) is 0 Å². The van der Waals surface area contributed by atoms with Crippen LogP contribution in [-0.4, -0.2) is 29.4 Å². The number of ketones is 3. The number of hydrogen-bond donors (Lipinski definition) is 0. The van der Waals surface area contributed by atoms with E-state index >= 15 is 0 Å². The predicted molar refractivity (Wildman–Crippen MR) is 146 cm³/mol. The van der Waals surface area contributed by atoms with Crippen LogP contribution >= 0.6 is 11.3 Å². The fourth-order valence-corrected chi connectivity index (χ4v) is 7.43. The third kappa shape index (κ3) is 3.23. The van der Waals surface area contributed by atoms with E-state index in [1.807, 2.05) is 35.2 Å². The number of alkyl halides is 3. The van der Waals surface area contributed by atoms with E-state index in [1.165, 1.54) is 23.5 Å². The van der Waals surface area contributed by atoms with Crippen molar-refractivity contribution < 1.29 is 27.6 Å². The number of halogens is 3. The third-order valence-electron chi connectivity index (χ3n) is 8.34. The van der Waals surface area contributed by atoms with Crippen LogP contribution in [0.5, 0.6) is 0 Å². The Hall–Kier alpha value is -4.30. The van der Waals surface area contributed by atoms with Gasteiger partial charge in [-0.2, -0.15) is 13.2 Å². The fraction of sp³-hybridized carbons (Fsp3) is 0.156. The lowest BCUT2D eigenvalue weighted by molar-refractivity contribution is -0.137. The van der Waals surface area contributed by atoms with Gasteiger partial charge >= 0.3 is 6.18 Å². The number of thiophene rings is 1. The number of fused-ring (bicyclic) bond motifs is 5. The number of rotatable bonds is 3. The minimum absolute atomic E-state index is 0.265. The molecular formula is C32H20F3NO3S. The summed E-state index contributed by atoms with van der Waals surface area (Å²) in [5.41, 5.74) is -0.221. The monoisotopic (exact) mass is 555 g/mol. The fourth-order valence-electron chi connectivity index (χ4n) is 6.73. The van der Waals surface area contributed by atoms with E-state index in [-0.39, 0.29) is 16.9 Å². The Morgan fingerprint density at radius 2 is 1.48 bits per heavy atom. The van der Waals surface area contributed by atoms with Gasteiger partial charge in [0.05, 0.1) is 16.5 Å². The Labute approximate surface area is 231 Å². The summed E-state index contributed by atoms with van der Waals surface area (Å²) in [5, 5.41) is 1.77. The molecule has 2 aliphatic heterocycles. The molecule has 1 aromatic heterocycles. The van der Waals surface area contributed by atoms with Gasteiger partial charge in [0.2, 0.25) is 0 Å². The SMILES string of the molecule is O=C(c1cccs1)[C@@H]1[C@H](c2ccc(C(F)(F)F)cc2)C2(C(=O)c3ccccc3C2=O)[C@@H]2C=Cc3ccccc3N12. The highest BCUT2D eigenvalue weighted by Crippen LogP contribution is 2.61. The average molecular weight is 556 g/mol. The topological polar surface area (TPSA) is 54.5 Å². The summed E-state index contributed by atoms with van der Waals surface area (Å²) in [6.45, 7) is 0. The van der Waals surface area contributed by atoms with Gasteiger partial charge in [0.1, 0.15) is 11.5 Å². The molecule has 1 aliphatic carbocycles. The van der Waals surface area contributed by atoms with Crippen LogP contribution in [0.4, 0.5) is 18.9 Å². The lowest BCUT2D eigenvalue weighted by Gasteiger charge is -2.37. The van der Waals surface area contributed by atoms with E-state index in [1.54, 1.807) is 47.9 Å². The van der Waals surface area contributed by atoms with E-state index in [4.69, 9.17) is 0 Å². The van der Waals surface area contributed by atoms with Gasteiger partial charge in [-0.05, 0) is 40.8 Å². The predicted octanol–water partition coefficient (Wildman–Crippen LogP) is 7.08. The van der Waals surface area contributed by atoms with Crippen LogP contribution in [0.1, 0.15) is 53.0 Å². The lowest BCUT2D eigenvalue weighted by atomic mass is 9.64.